The first-order valence-corrected chi connectivity index (χ1v) is 11.5. The van der Waals surface area contributed by atoms with E-state index in [4.69, 9.17) is 0 Å². The second kappa shape index (κ2) is 12.4. The van der Waals surface area contributed by atoms with E-state index in [1.807, 2.05) is 0 Å². The van der Waals surface area contributed by atoms with Crippen LogP contribution in [0.3, 0.4) is 0 Å². The first-order chi connectivity index (χ1) is 11.5. The van der Waals surface area contributed by atoms with Crippen LogP contribution < -0.4 is 0 Å². The highest BCUT2D eigenvalue weighted by atomic mass is 14.4. The molecule has 1 saturated carbocycles. The molecular weight excluding hydrogens is 288 g/mol. The average Bonchev–Trinajstić information content (AvgIpc) is 2.57. The first kappa shape index (κ1) is 22.0. The summed E-state index contributed by atoms with van der Waals surface area (Å²) < 4.78 is 0. The van der Waals surface area contributed by atoms with E-state index in [1.165, 1.54) is 96.3 Å². The van der Waals surface area contributed by atoms with Gasteiger partial charge in [0.25, 0.3) is 0 Å². The maximum Gasteiger partial charge on any atom is -0.0300 e. The van der Waals surface area contributed by atoms with Crippen LogP contribution in [0.5, 0.6) is 0 Å². The zero-order chi connectivity index (χ0) is 17.8. The molecule has 1 aliphatic rings. The van der Waals surface area contributed by atoms with Gasteiger partial charge in [-0.1, -0.05) is 118 Å². The van der Waals surface area contributed by atoms with Gasteiger partial charge in [0.2, 0.25) is 0 Å². The molecular formula is C24H48. The molecule has 144 valence electrons. The van der Waals surface area contributed by atoms with Crippen LogP contribution in [0, 0.1) is 23.2 Å². The molecule has 24 heavy (non-hydrogen) atoms. The highest BCUT2D eigenvalue weighted by Crippen LogP contribution is 2.44. The van der Waals surface area contributed by atoms with Gasteiger partial charge in [0.15, 0.2) is 0 Å². The second-order valence-corrected chi connectivity index (χ2v) is 9.40. The zero-order valence-electron chi connectivity index (χ0n) is 17.8. The molecule has 0 heterocycles. The van der Waals surface area contributed by atoms with Crippen molar-refractivity contribution in [3.05, 3.63) is 0 Å². The SMILES string of the molecule is CCC(C)(CC)C1CCCCCCCCCCCCC(C)CC1C. The third-order valence-corrected chi connectivity index (χ3v) is 7.43. The summed E-state index contributed by atoms with van der Waals surface area (Å²) >= 11 is 0. The Bertz CT molecular complexity index is 288. The van der Waals surface area contributed by atoms with E-state index in [-0.39, 0.29) is 0 Å². The van der Waals surface area contributed by atoms with E-state index in [2.05, 4.69) is 34.6 Å². The lowest BCUT2D eigenvalue weighted by atomic mass is 9.64. The van der Waals surface area contributed by atoms with Crippen LogP contribution in [0.1, 0.15) is 131 Å². The van der Waals surface area contributed by atoms with E-state index in [9.17, 15) is 0 Å². The molecule has 0 aliphatic heterocycles. The fourth-order valence-corrected chi connectivity index (χ4v) is 5.28. The Morgan fingerprint density at radius 3 is 1.54 bits per heavy atom. The van der Waals surface area contributed by atoms with Crippen LogP contribution in [0.4, 0.5) is 0 Å². The largest absolute Gasteiger partial charge is 0.0649 e. The summed E-state index contributed by atoms with van der Waals surface area (Å²) in [7, 11) is 0. The van der Waals surface area contributed by atoms with Crippen LogP contribution in [-0.2, 0) is 0 Å². The topological polar surface area (TPSA) is 0 Å². The van der Waals surface area contributed by atoms with Crippen molar-refractivity contribution in [2.75, 3.05) is 0 Å². The Morgan fingerprint density at radius 1 is 0.667 bits per heavy atom. The van der Waals surface area contributed by atoms with Gasteiger partial charge in [-0.05, 0) is 36.0 Å². The van der Waals surface area contributed by atoms with Crippen LogP contribution in [-0.4, -0.2) is 0 Å². The van der Waals surface area contributed by atoms with Gasteiger partial charge in [0.05, 0.1) is 0 Å². The Kier molecular flexibility index (Phi) is 11.4. The summed E-state index contributed by atoms with van der Waals surface area (Å²) in [5.74, 6) is 2.76. The quantitative estimate of drug-likeness (QED) is 0.483. The van der Waals surface area contributed by atoms with E-state index in [1.54, 1.807) is 0 Å². The van der Waals surface area contributed by atoms with Crippen LogP contribution >= 0.6 is 0 Å². The molecule has 0 radical (unpaired) electrons. The third-order valence-electron chi connectivity index (χ3n) is 7.43. The van der Waals surface area contributed by atoms with Crippen molar-refractivity contribution in [1.82, 2.24) is 0 Å². The van der Waals surface area contributed by atoms with Gasteiger partial charge in [-0.15, -0.1) is 0 Å². The van der Waals surface area contributed by atoms with E-state index < -0.39 is 0 Å². The molecule has 3 unspecified atom stereocenters. The molecule has 0 bridgehead atoms. The summed E-state index contributed by atoms with van der Waals surface area (Å²) in [6, 6.07) is 0. The minimum atomic E-state index is 0.560. The molecule has 0 spiro atoms. The van der Waals surface area contributed by atoms with Gasteiger partial charge in [-0.3, -0.25) is 0 Å². The fraction of sp³-hybridized carbons (Fsp3) is 1.00. The molecule has 1 aliphatic carbocycles. The van der Waals surface area contributed by atoms with Crippen molar-refractivity contribution < 1.29 is 0 Å². The number of hydrogen-bond acceptors (Lipinski definition) is 0. The maximum absolute atomic E-state index is 2.58. The lowest BCUT2D eigenvalue weighted by molar-refractivity contribution is 0.0885. The highest BCUT2D eigenvalue weighted by molar-refractivity contribution is 4.84. The van der Waals surface area contributed by atoms with Gasteiger partial charge < -0.3 is 0 Å². The third kappa shape index (κ3) is 7.92. The van der Waals surface area contributed by atoms with Crippen molar-refractivity contribution in [1.29, 1.82) is 0 Å². The smallest absolute Gasteiger partial charge is 0.0300 e. The van der Waals surface area contributed by atoms with Crippen molar-refractivity contribution in [3.63, 3.8) is 0 Å². The zero-order valence-corrected chi connectivity index (χ0v) is 17.8. The average molecular weight is 337 g/mol. The fourth-order valence-electron chi connectivity index (χ4n) is 5.28. The standard InChI is InChI=1S/C24H48/c1-6-24(5,7-2)23-19-17-15-13-11-9-8-10-12-14-16-18-21(3)20-22(23)4/h21-23H,6-20H2,1-5H3. The lowest BCUT2D eigenvalue weighted by Gasteiger charge is -2.41. The summed E-state index contributed by atoms with van der Waals surface area (Å²) in [6.45, 7) is 12.5. The molecule has 1 fully saturated rings. The Balaban J connectivity index is 2.68. The van der Waals surface area contributed by atoms with Gasteiger partial charge in [0.1, 0.15) is 0 Å². The summed E-state index contributed by atoms with van der Waals surface area (Å²) in [6.07, 6.45) is 21.9. The summed E-state index contributed by atoms with van der Waals surface area (Å²) in [4.78, 5) is 0. The van der Waals surface area contributed by atoms with E-state index in [0.29, 0.717) is 5.41 Å². The Morgan fingerprint density at radius 2 is 1.08 bits per heavy atom. The van der Waals surface area contributed by atoms with Crippen molar-refractivity contribution in [3.8, 4) is 0 Å². The minimum absolute atomic E-state index is 0.560. The first-order valence-electron chi connectivity index (χ1n) is 11.5. The Hall–Kier alpha value is 0. The Labute approximate surface area is 154 Å². The monoisotopic (exact) mass is 336 g/mol. The molecule has 0 N–H and O–H groups in total. The molecule has 0 heteroatoms. The molecule has 0 aromatic rings. The molecule has 1 rings (SSSR count). The molecule has 3 atom stereocenters. The van der Waals surface area contributed by atoms with Gasteiger partial charge in [0, 0.05) is 0 Å². The molecule has 0 aromatic heterocycles. The molecule has 0 amide bonds. The maximum atomic E-state index is 2.58. The van der Waals surface area contributed by atoms with Crippen LogP contribution in [0.2, 0.25) is 0 Å². The lowest BCUT2D eigenvalue weighted by Crippen LogP contribution is -2.32. The van der Waals surface area contributed by atoms with Crippen LogP contribution in [0.25, 0.3) is 0 Å². The van der Waals surface area contributed by atoms with Gasteiger partial charge >= 0.3 is 0 Å². The normalized spacial score (nSPS) is 30.1. The van der Waals surface area contributed by atoms with Gasteiger partial charge in [-0.25, -0.2) is 0 Å². The molecule has 0 saturated heterocycles. The highest BCUT2D eigenvalue weighted by Gasteiger charge is 2.34. The minimum Gasteiger partial charge on any atom is -0.0649 e. The summed E-state index contributed by atoms with van der Waals surface area (Å²) in [5, 5.41) is 0. The number of hydrogen-bond donors (Lipinski definition) is 0. The summed E-state index contributed by atoms with van der Waals surface area (Å²) in [5.41, 5.74) is 0.560. The van der Waals surface area contributed by atoms with E-state index >= 15 is 0 Å². The van der Waals surface area contributed by atoms with Crippen LogP contribution in [0.15, 0.2) is 0 Å². The number of rotatable bonds is 3. The van der Waals surface area contributed by atoms with Crippen molar-refractivity contribution >= 4 is 0 Å². The van der Waals surface area contributed by atoms with Crippen molar-refractivity contribution in [2.24, 2.45) is 23.2 Å². The molecule has 0 nitrogen and oxygen atoms in total. The predicted molar refractivity (Wildman–Crippen MR) is 111 cm³/mol. The predicted octanol–water partition coefficient (Wildman–Crippen LogP) is 8.79. The second-order valence-electron chi connectivity index (χ2n) is 9.40. The van der Waals surface area contributed by atoms with E-state index in [0.717, 1.165) is 17.8 Å². The van der Waals surface area contributed by atoms with Gasteiger partial charge in [-0.2, -0.15) is 0 Å². The molecule has 0 aromatic carbocycles. The van der Waals surface area contributed by atoms with Crippen molar-refractivity contribution in [2.45, 2.75) is 131 Å².